The van der Waals surface area contributed by atoms with Crippen LogP contribution in [0.15, 0.2) is 78.0 Å². The van der Waals surface area contributed by atoms with E-state index in [1.54, 1.807) is 29.0 Å². The maximum atomic E-state index is 14.1. The fraction of sp³-hybridized carbons (Fsp3) is 0.447. The Morgan fingerprint density at radius 2 is 1.74 bits per heavy atom. The van der Waals surface area contributed by atoms with E-state index >= 15 is 0 Å². The zero-order valence-corrected chi connectivity index (χ0v) is 28.8. The van der Waals surface area contributed by atoms with Gasteiger partial charge in [0.25, 0.3) is 11.5 Å². The number of aromatic nitrogens is 3. The second kappa shape index (κ2) is 15.4. The summed E-state index contributed by atoms with van der Waals surface area (Å²) in [6, 6.07) is 18.9. The van der Waals surface area contributed by atoms with Crippen LogP contribution < -0.4 is 10.9 Å². The Bertz CT molecular complexity index is 1860. The summed E-state index contributed by atoms with van der Waals surface area (Å²) in [4.78, 5) is 61.0. The molecule has 2 aliphatic heterocycles. The maximum absolute atomic E-state index is 14.1. The minimum Gasteiger partial charge on any atom is -0.388 e. The molecule has 2 aromatic carbocycles. The highest BCUT2D eigenvalue weighted by Crippen LogP contribution is 2.36. The number of ether oxygens (including phenoxy) is 1. The molecular formula is C38H46N6O6. The number of nitrogens with zero attached hydrogens (tertiary/aromatic N) is 5. The van der Waals surface area contributed by atoms with Crippen LogP contribution in [0, 0.1) is 5.92 Å². The average molecular weight is 683 g/mol. The number of fused-ring (bicyclic) bond motifs is 1. The molecular weight excluding hydrogens is 636 g/mol. The van der Waals surface area contributed by atoms with Crippen LogP contribution in [-0.4, -0.2) is 91.7 Å². The number of nitrogens with one attached hydrogen (secondary N) is 1. The van der Waals surface area contributed by atoms with Gasteiger partial charge in [-0.1, -0.05) is 42.5 Å². The van der Waals surface area contributed by atoms with Crippen molar-refractivity contribution in [3.05, 3.63) is 100 Å². The molecule has 0 radical (unpaired) electrons. The first-order valence-corrected chi connectivity index (χ1v) is 17.4. The number of aryl methyl sites for hydroxylation is 1. The highest BCUT2D eigenvalue weighted by atomic mass is 16.5. The van der Waals surface area contributed by atoms with E-state index in [0.717, 1.165) is 11.1 Å². The van der Waals surface area contributed by atoms with Crippen molar-refractivity contribution in [1.29, 1.82) is 0 Å². The molecule has 2 aliphatic rings. The van der Waals surface area contributed by atoms with Crippen molar-refractivity contribution in [3.8, 4) is 0 Å². The number of carbonyl (C=O) groups is 3. The predicted molar refractivity (Wildman–Crippen MR) is 188 cm³/mol. The Kier molecular flexibility index (Phi) is 10.8. The number of benzene rings is 2. The van der Waals surface area contributed by atoms with Gasteiger partial charge in [0, 0.05) is 76.4 Å². The molecule has 2 aromatic heterocycles. The van der Waals surface area contributed by atoms with Gasteiger partial charge in [0.2, 0.25) is 11.8 Å². The number of amides is 3. The number of hydrogen-bond acceptors (Lipinski definition) is 7. The lowest BCUT2D eigenvalue weighted by molar-refractivity contribution is -0.142. The minimum absolute atomic E-state index is 0.0326. The lowest BCUT2D eigenvalue weighted by Gasteiger charge is -2.43. The molecule has 6 rings (SSSR count). The van der Waals surface area contributed by atoms with Gasteiger partial charge in [0.05, 0.1) is 24.1 Å². The first-order chi connectivity index (χ1) is 24.2. The van der Waals surface area contributed by atoms with Crippen LogP contribution in [0.4, 0.5) is 0 Å². The van der Waals surface area contributed by atoms with Crippen molar-refractivity contribution >= 4 is 28.8 Å². The third-order valence-corrected chi connectivity index (χ3v) is 10.1. The number of hydrogen-bond donors (Lipinski definition) is 2. The van der Waals surface area contributed by atoms with Crippen LogP contribution in [0.1, 0.15) is 60.0 Å². The van der Waals surface area contributed by atoms with Gasteiger partial charge in [-0.3, -0.25) is 23.7 Å². The summed E-state index contributed by atoms with van der Waals surface area (Å²) in [7, 11) is 1.83. The summed E-state index contributed by atoms with van der Waals surface area (Å²) in [5.41, 5.74) is 1.74. The summed E-state index contributed by atoms with van der Waals surface area (Å²) >= 11 is 0. The standard InChI is InChI=1S/C38H46N6O6/c1-3-50-22-15-33(45)39-23-27-9-11-29(12-10-27)35(46)43-19-14-30(32(24-43)28-7-5-4-6-8-28)36(47)42-20-16-38(49,17-21-42)25-44-26-40-34-31(37(44)48)13-18-41(34)2/h4-13,18,26,30,32,49H,3,14-17,19-25H2,1-2H3,(H,39,45)/t30-,32+/m1/s1. The molecule has 0 bridgehead atoms. The van der Waals surface area contributed by atoms with Gasteiger partial charge in [-0.05, 0) is 55.5 Å². The topological polar surface area (TPSA) is 139 Å². The molecule has 50 heavy (non-hydrogen) atoms. The van der Waals surface area contributed by atoms with Gasteiger partial charge >= 0.3 is 0 Å². The van der Waals surface area contributed by atoms with Crippen molar-refractivity contribution in [2.45, 2.75) is 57.2 Å². The molecule has 2 atom stereocenters. The van der Waals surface area contributed by atoms with E-state index in [1.165, 1.54) is 10.9 Å². The van der Waals surface area contributed by atoms with Crippen molar-refractivity contribution in [2.24, 2.45) is 13.0 Å². The van der Waals surface area contributed by atoms with E-state index in [1.807, 2.05) is 66.2 Å². The smallest absolute Gasteiger partial charge is 0.262 e. The number of aliphatic hydroxyl groups is 1. The third kappa shape index (κ3) is 7.81. The van der Waals surface area contributed by atoms with Crippen molar-refractivity contribution in [3.63, 3.8) is 0 Å². The number of rotatable bonds is 11. The molecule has 0 spiro atoms. The zero-order chi connectivity index (χ0) is 35.3. The number of carbonyl (C=O) groups excluding carboxylic acids is 3. The van der Waals surface area contributed by atoms with Crippen molar-refractivity contribution < 1.29 is 24.2 Å². The number of piperidine rings is 2. The second-order valence-corrected chi connectivity index (χ2v) is 13.5. The average Bonchev–Trinajstić information content (AvgIpc) is 3.53. The van der Waals surface area contributed by atoms with Gasteiger partial charge < -0.3 is 29.5 Å². The molecule has 3 amide bonds. The summed E-state index contributed by atoms with van der Waals surface area (Å²) in [6.45, 7) is 4.95. The Balaban J connectivity index is 1.08. The molecule has 12 nitrogen and oxygen atoms in total. The van der Waals surface area contributed by atoms with Crippen LogP contribution in [0.3, 0.4) is 0 Å². The first kappa shape index (κ1) is 35.0. The normalized spacial score (nSPS) is 19.0. The largest absolute Gasteiger partial charge is 0.388 e. The highest BCUT2D eigenvalue weighted by Gasteiger charge is 2.41. The quantitative estimate of drug-likeness (QED) is 0.232. The lowest BCUT2D eigenvalue weighted by atomic mass is 9.79. The van der Waals surface area contributed by atoms with E-state index in [2.05, 4.69) is 10.3 Å². The molecule has 4 aromatic rings. The molecule has 264 valence electrons. The fourth-order valence-corrected chi connectivity index (χ4v) is 7.16. The predicted octanol–water partition coefficient (Wildman–Crippen LogP) is 3.08. The Morgan fingerprint density at radius 3 is 2.46 bits per heavy atom. The van der Waals surface area contributed by atoms with Gasteiger partial charge in [0.1, 0.15) is 12.0 Å². The molecule has 12 heteroatoms. The summed E-state index contributed by atoms with van der Waals surface area (Å²) in [5.74, 6) is -0.640. The molecule has 2 N–H and O–H groups in total. The van der Waals surface area contributed by atoms with Crippen LogP contribution in [-0.2, 0) is 34.5 Å². The minimum atomic E-state index is -1.13. The third-order valence-electron chi connectivity index (χ3n) is 10.1. The van der Waals surface area contributed by atoms with E-state index in [4.69, 9.17) is 4.74 Å². The summed E-state index contributed by atoms with van der Waals surface area (Å²) < 4.78 is 8.49. The molecule has 0 saturated carbocycles. The van der Waals surface area contributed by atoms with Crippen LogP contribution >= 0.6 is 0 Å². The fourth-order valence-electron chi connectivity index (χ4n) is 7.16. The van der Waals surface area contributed by atoms with Crippen LogP contribution in [0.2, 0.25) is 0 Å². The van der Waals surface area contributed by atoms with Gasteiger partial charge in [0.15, 0.2) is 0 Å². The summed E-state index contributed by atoms with van der Waals surface area (Å²) in [5, 5.41) is 14.9. The molecule has 2 fully saturated rings. The Morgan fingerprint density at radius 1 is 1.00 bits per heavy atom. The molecule has 4 heterocycles. The highest BCUT2D eigenvalue weighted by molar-refractivity contribution is 5.94. The molecule has 2 saturated heterocycles. The lowest BCUT2D eigenvalue weighted by Crippen LogP contribution is -2.53. The molecule has 0 aliphatic carbocycles. The van der Waals surface area contributed by atoms with Crippen molar-refractivity contribution in [2.75, 3.05) is 39.4 Å². The number of likely N-dealkylation sites (tertiary alicyclic amines) is 2. The van der Waals surface area contributed by atoms with Crippen molar-refractivity contribution in [1.82, 2.24) is 29.2 Å². The monoisotopic (exact) mass is 682 g/mol. The van der Waals surface area contributed by atoms with Crippen LogP contribution in [0.5, 0.6) is 0 Å². The second-order valence-electron chi connectivity index (χ2n) is 13.5. The maximum Gasteiger partial charge on any atom is 0.262 e. The van der Waals surface area contributed by atoms with Gasteiger partial charge in [-0.25, -0.2) is 4.98 Å². The van der Waals surface area contributed by atoms with Gasteiger partial charge in [-0.15, -0.1) is 0 Å². The van der Waals surface area contributed by atoms with E-state index in [9.17, 15) is 24.3 Å². The van der Waals surface area contributed by atoms with Gasteiger partial charge in [-0.2, -0.15) is 0 Å². The van der Waals surface area contributed by atoms with E-state index < -0.39 is 5.60 Å². The SMILES string of the molecule is CCOCCC(=O)NCc1ccc(C(=O)N2CC[C@@H](C(=O)N3CCC(O)(Cn4cnc5c(ccn5C)c4=O)CC3)[C@H](c3ccccc3)C2)cc1. The Labute approximate surface area is 291 Å². The van der Waals surface area contributed by atoms with Crippen LogP contribution in [0.25, 0.3) is 11.0 Å². The van der Waals surface area contributed by atoms with E-state index in [0.29, 0.717) is 88.2 Å². The summed E-state index contributed by atoms with van der Waals surface area (Å²) in [6.07, 6.45) is 4.80. The Hall–Kier alpha value is -4.81. The zero-order valence-electron chi connectivity index (χ0n) is 28.8. The van der Waals surface area contributed by atoms with E-state index in [-0.39, 0.29) is 41.7 Å². The molecule has 0 unspecified atom stereocenters. The first-order valence-electron chi connectivity index (χ1n) is 17.4.